The zero-order valence-corrected chi connectivity index (χ0v) is 11.2. The van der Waals surface area contributed by atoms with Gasteiger partial charge in [-0.25, -0.2) is 0 Å². The number of aromatic nitrogens is 1. The fraction of sp³-hybridized carbons (Fsp3) is 0.118. The van der Waals surface area contributed by atoms with Crippen molar-refractivity contribution in [2.45, 2.75) is 13.0 Å². The van der Waals surface area contributed by atoms with E-state index >= 15 is 0 Å². The van der Waals surface area contributed by atoms with Crippen molar-refractivity contribution in [1.29, 1.82) is 0 Å². The topological polar surface area (TPSA) is 31.2 Å². The predicted molar refractivity (Wildman–Crippen MR) is 79.6 cm³/mol. The molecule has 1 atom stereocenters. The molecule has 1 aromatic heterocycles. The maximum absolute atomic E-state index is 11.7. The summed E-state index contributed by atoms with van der Waals surface area (Å²) < 4.78 is 1.27. The Morgan fingerprint density at radius 3 is 2.55 bits per heavy atom. The van der Waals surface area contributed by atoms with Gasteiger partial charge in [-0.05, 0) is 23.8 Å². The molecule has 3 nitrogen and oxygen atoms in total. The van der Waals surface area contributed by atoms with Crippen LogP contribution in [0.1, 0.15) is 18.6 Å². The Labute approximate surface area is 117 Å². The fourth-order valence-corrected chi connectivity index (χ4v) is 2.33. The molecular weight excluding hydrogens is 250 g/mol. The number of rotatable bonds is 3. The highest BCUT2D eigenvalue weighted by atomic mass is 16.7. The quantitative estimate of drug-likeness (QED) is 0.728. The minimum Gasteiger partial charge on any atom is -0.403 e. The Morgan fingerprint density at radius 1 is 0.950 bits per heavy atom. The van der Waals surface area contributed by atoms with Crippen LogP contribution in [0.4, 0.5) is 0 Å². The summed E-state index contributed by atoms with van der Waals surface area (Å²) >= 11 is 0. The van der Waals surface area contributed by atoms with Gasteiger partial charge in [0.05, 0.1) is 0 Å². The summed E-state index contributed by atoms with van der Waals surface area (Å²) in [5.74, 6) is 0. The summed E-state index contributed by atoms with van der Waals surface area (Å²) in [5, 5.41) is 2.31. The number of benzene rings is 2. The van der Waals surface area contributed by atoms with Gasteiger partial charge in [0.2, 0.25) is 0 Å². The maximum Gasteiger partial charge on any atom is 0.282 e. The van der Waals surface area contributed by atoms with Crippen molar-refractivity contribution in [3.8, 4) is 0 Å². The van der Waals surface area contributed by atoms with E-state index in [9.17, 15) is 4.79 Å². The molecule has 3 heteroatoms. The number of nitrogens with zero attached hydrogens (tertiary/aromatic N) is 1. The normalized spacial score (nSPS) is 12.2. The predicted octanol–water partition coefficient (Wildman–Crippen LogP) is 3.19. The summed E-state index contributed by atoms with van der Waals surface area (Å²) in [6, 6.07) is 19.2. The third-order valence-corrected chi connectivity index (χ3v) is 3.32. The molecule has 0 N–H and O–H groups in total. The van der Waals surface area contributed by atoms with Crippen molar-refractivity contribution in [3.05, 3.63) is 82.8 Å². The lowest BCUT2D eigenvalue weighted by Gasteiger charge is -2.17. The summed E-state index contributed by atoms with van der Waals surface area (Å²) in [6.45, 7) is 1.95. The molecule has 1 heterocycles. The molecule has 3 rings (SSSR count). The van der Waals surface area contributed by atoms with Gasteiger partial charge in [-0.1, -0.05) is 48.5 Å². The maximum atomic E-state index is 11.7. The molecule has 0 amide bonds. The van der Waals surface area contributed by atoms with Gasteiger partial charge in [-0.15, -0.1) is 0 Å². The Balaban J connectivity index is 1.99. The third kappa shape index (κ3) is 2.30. The van der Waals surface area contributed by atoms with Crippen molar-refractivity contribution in [2.24, 2.45) is 0 Å². The Hall–Kier alpha value is -2.55. The molecule has 1 unspecified atom stereocenters. The van der Waals surface area contributed by atoms with Crippen molar-refractivity contribution >= 4 is 10.8 Å². The van der Waals surface area contributed by atoms with E-state index in [1.807, 2.05) is 31.2 Å². The number of pyridine rings is 1. The lowest BCUT2D eigenvalue weighted by atomic mass is 10.0. The molecule has 0 saturated carbocycles. The van der Waals surface area contributed by atoms with Gasteiger partial charge in [0.15, 0.2) is 0 Å². The van der Waals surface area contributed by atoms with Crippen LogP contribution in [0.3, 0.4) is 0 Å². The molecule has 0 aliphatic carbocycles. The van der Waals surface area contributed by atoms with Crippen LogP contribution in [0.15, 0.2) is 71.7 Å². The number of hydrogen-bond donors (Lipinski definition) is 0. The van der Waals surface area contributed by atoms with E-state index in [1.165, 1.54) is 16.2 Å². The molecule has 3 aromatic rings. The Bertz CT molecular complexity index is 787. The highest BCUT2D eigenvalue weighted by Gasteiger charge is 2.11. The summed E-state index contributed by atoms with van der Waals surface area (Å²) in [5.41, 5.74) is 0.901. The molecular formula is C17H15NO2. The zero-order chi connectivity index (χ0) is 13.9. The lowest BCUT2D eigenvalue weighted by Crippen LogP contribution is -2.27. The van der Waals surface area contributed by atoms with Gasteiger partial charge in [-0.3, -0.25) is 4.79 Å². The molecule has 0 saturated heterocycles. The standard InChI is InChI=1S/C17H15NO2/c1-13(20-18-12-5-4-11-17(18)19)15-10-6-8-14-7-2-3-9-16(14)15/h2-13H,1H3. The zero-order valence-electron chi connectivity index (χ0n) is 11.2. The van der Waals surface area contributed by atoms with E-state index in [0.717, 1.165) is 10.9 Å². The minimum absolute atomic E-state index is 0.167. The molecule has 0 radical (unpaired) electrons. The Kier molecular flexibility index (Phi) is 3.25. The largest absolute Gasteiger partial charge is 0.403 e. The van der Waals surface area contributed by atoms with Crippen molar-refractivity contribution in [3.63, 3.8) is 0 Å². The van der Waals surface area contributed by atoms with E-state index in [2.05, 4.69) is 18.2 Å². The molecule has 0 fully saturated rings. The van der Waals surface area contributed by atoms with Gasteiger partial charge >= 0.3 is 0 Å². The monoisotopic (exact) mass is 265 g/mol. The summed E-state index contributed by atoms with van der Waals surface area (Å²) in [4.78, 5) is 17.4. The average molecular weight is 265 g/mol. The minimum atomic E-state index is -0.207. The molecule has 2 aromatic carbocycles. The van der Waals surface area contributed by atoms with Crippen LogP contribution in [0.2, 0.25) is 0 Å². The average Bonchev–Trinajstić information content (AvgIpc) is 2.49. The van der Waals surface area contributed by atoms with Crippen LogP contribution >= 0.6 is 0 Å². The first-order valence-electron chi connectivity index (χ1n) is 6.58. The molecule has 20 heavy (non-hydrogen) atoms. The van der Waals surface area contributed by atoms with Crippen LogP contribution in [0.5, 0.6) is 0 Å². The van der Waals surface area contributed by atoms with Crippen molar-refractivity contribution in [1.82, 2.24) is 4.73 Å². The van der Waals surface area contributed by atoms with Crippen LogP contribution in [-0.4, -0.2) is 4.73 Å². The van der Waals surface area contributed by atoms with E-state index in [-0.39, 0.29) is 11.7 Å². The molecule has 0 aliphatic heterocycles. The van der Waals surface area contributed by atoms with Gasteiger partial charge in [-0.2, -0.15) is 4.73 Å². The first-order valence-corrected chi connectivity index (χ1v) is 6.58. The van der Waals surface area contributed by atoms with Crippen LogP contribution < -0.4 is 10.4 Å². The van der Waals surface area contributed by atoms with E-state index < -0.39 is 0 Å². The first-order chi connectivity index (χ1) is 9.75. The van der Waals surface area contributed by atoms with Crippen LogP contribution in [0.25, 0.3) is 10.8 Å². The third-order valence-electron chi connectivity index (χ3n) is 3.32. The van der Waals surface area contributed by atoms with E-state index in [0.29, 0.717) is 0 Å². The SMILES string of the molecule is CC(On1ccccc1=O)c1cccc2ccccc12. The van der Waals surface area contributed by atoms with Gasteiger partial charge in [0, 0.05) is 17.8 Å². The van der Waals surface area contributed by atoms with Gasteiger partial charge in [0.25, 0.3) is 5.56 Å². The number of fused-ring (bicyclic) bond motifs is 1. The van der Waals surface area contributed by atoms with Crippen molar-refractivity contribution in [2.75, 3.05) is 0 Å². The smallest absolute Gasteiger partial charge is 0.282 e. The summed E-state index contributed by atoms with van der Waals surface area (Å²) in [6.07, 6.45) is 1.42. The molecule has 100 valence electrons. The second-order valence-electron chi connectivity index (χ2n) is 4.68. The first kappa shape index (κ1) is 12.5. The summed E-state index contributed by atoms with van der Waals surface area (Å²) in [7, 11) is 0. The van der Waals surface area contributed by atoms with Crippen molar-refractivity contribution < 1.29 is 4.84 Å². The number of hydrogen-bond acceptors (Lipinski definition) is 2. The van der Waals surface area contributed by atoms with E-state index in [4.69, 9.17) is 4.84 Å². The van der Waals surface area contributed by atoms with Gasteiger partial charge in [0.1, 0.15) is 6.10 Å². The second-order valence-corrected chi connectivity index (χ2v) is 4.68. The fourth-order valence-electron chi connectivity index (χ4n) is 2.33. The van der Waals surface area contributed by atoms with Crippen LogP contribution in [0, 0.1) is 0 Å². The molecule has 0 bridgehead atoms. The highest BCUT2D eigenvalue weighted by Crippen LogP contribution is 2.24. The lowest BCUT2D eigenvalue weighted by molar-refractivity contribution is 0.0417. The van der Waals surface area contributed by atoms with Gasteiger partial charge < -0.3 is 4.84 Å². The second kappa shape index (κ2) is 5.21. The Morgan fingerprint density at radius 2 is 1.70 bits per heavy atom. The highest BCUT2D eigenvalue weighted by molar-refractivity contribution is 5.85. The molecule has 0 spiro atoms. The van der Waals surface area contributed by atoms with E-state index in [1.54, 1.807) is 18.3 Å². The van der Waals surface area contributed by atoms with Crippen LogP contribution in [-0.2, 0) is 0 Å². The molecule has 0 aliphatic rings.